The van der Waals surface area contributed by atoms with Gasteiger partial charge in [-0.05, 0) is 18.4 Å². The van der Waals surface area contributed by atoms with Crippen LogP contribution in [0.1, 0.15) is 13.3 Å². The first-order valence-corrected chi connectivity index (χ1v) is 8.79. The minimum absolute atomic E-state index is 0.00266. The Balaban J connectivity index is 2.28. The summed E-state index contributed by atoms with van der Waals surface area (Å²) in [7, 11) is 3.43. The molecule has 9 heteroatoms. The molecule has 2 aromatic heterocycles. The van der Waals surface area contributed by atoms with Gasteiger partial charge in [0.05, 0.1) is 10.1 Å². The van der Waals surface area contributed by atoms with E-state index < -0.39 is 0 Å². The van der Waals surface area contributed by atoms with E-state index in [2.05, 4.69) is 10.2 Å². The van der Waals surface area contributed by atoms with Crippen molar-refractivity contribution in [3.63, 3.8) is 0 Å². The molecular weight excluding hydrogens is 334 g/mol. The van der Waals surface area contributed by atoms with Crippen LogP contribution in [0.25, 0.3) is 10.7 Å². The zero-order chi connectivity index (χ0) is 17.0. The minimum atomic E-state index is -0.385. The Bertz CT molecular complexity index is 681. The Morgan fingerprint density at radius 2 is 2.17 bits per heavy atom. The molecule has 0 spiro atoms. The lowest BCUT2D eigenvalue weighted by molar-refractivity contribution is -0.127. The quantitative estimate of drug-likeness (QED) is 0.760. The third-order valence-electron chi connectivity index (χ3n) is 3.11. The van der Waals surface area contributed by atoms with Gasteiger partial charge < -0.3 is 15.2 Å². The number of aromatic nitrogens is 3. The Kier molecular flexibility index (Phi) is 5.78. The van der Waals surface area contributed by atoms with E-state index >= 15 is 0 Å². The van der Waals surface area contributed by atoms with Gasteiger partial charge in [0.1, 0.15) is 0 Å². The summed E-state index contributed by atoms with van der Waals surface area (Å²) in [6.45, 7) is 2.21. The Hall–Kier alpha value is -1.87. The molecule has 7 nitrogen and oxygen atoms in total. The summed E-state index contributed by atoms with van der Waals surface area (Å²) >= 11 is 2.87. The van der Waals surface area contributed by atoms with Gasteiger partial charge in [0.15, 0.2) is 11.0 Å². The van der Waals surface area contributed by atoms with Crippen molar-refractivity contribution in [1.82, 2.24) is 19.7 Å². The fourth-order valence-corrected chi connectivity index (χ4v) is 3.70. The Labute approximate surface area is 142 Å². The van der Waals surface area contributed by atoms with Crippen molar-refractivity contribution < 1.29 is 9.59 Å². The molecule has 0 aliphatic rings. The maximum absolute atomic E-state index is 12.0. The van der Waals surface area contributed by atoms with Gasteiger partial charge in [-0.25, -0.2) is 0 Å². The summed E-state index contributed by atoms with van der Waals surface area (Å²) in [5.74, 6) is 0.301. The fraction of sp³-hybridized carbons (Fsp3) is 0.429. The number of primary amides is 1. The number of thiophene rings is 1. The average Bonchev–Trinajstić information content (AvgIpc) is 3.13. The van der Waals surface area contributed by atoms with Gasteiger partial charge in [-0.1, -0.05) is 17.8 Å². The van der Waals surface area contributed by atoms with Crippen molar-refractivity contribution in [2.75, 3.05) is 14.1 Å². The van der Waals surface area contributed by atoms with Crippen LogP contribution in [0.3, 0.4) is 0 Å². The smallest absolute Gasteiger partial charge is 0.235 e. The average molecular weight is 353 g/mol. The fourth-order valence-electron chi connectivity index (χ4n) is 1.96. The highest BCUT2D eigenvalue weighted by atomic mass is 32.2. The maximum Gasteiger partial charge on any atom is 0.235 e. The summed E-state index contributed by atoms with van der Waals surface area (Å²) in [5, 5.41) is 10.7. The van der Waals surface area contributed by atoms with Gasteiger partial charge in [-0.15, -0.1) is 21.5 Å². The van der Waals surface area contributed by atoms with Crippen LogP contribution < -0.4 is 5.73 Å². The van der Waals surface area contributed by atoms with E-state index in [1.165, 1.54) is 11.8 Å². The molecule has 0 unspecified atom stereocenters. The summed E-state index contributed by atoms with van der Waals surface area (Å²) in [6, 6.07) is 3.87. The third-order valence-corrected chi connectivity index (χ3v) is 5.04. The molecule has 0 fully saturated rings. The van der Waals surface area contributed by atoms with E-state index in [0.717, 1.165) is 4.88 Å². The van der Waals surface area contributed by atoms with Crippen LogP contribution in [0.5, 0.6) is 0 Å². The van der Waals surface area contributed by atoms with E-state index in [9.17, 15) is 9.59 Å². The summed E-state index contributed by atoms with van der Waals surface area (Å²) in [4.78, 5) is 25.7. The molecule has 0 radical (unpaired) electrons. The molecule has 23 heavy (non-hydrogen) atoms. The van der Waals surface area contributed by atoms with Crippen LogP contribution in [0.4, 0.5) is 0 Å². The lowest BCUT2D eigenvalue weighted by Crippen LogP contribution is -2.30. The molecule has 2 amide bonds. The zero-order valence-electron chi connectivity index (χ0n) is 13.2. The predicted octanol–water partition coefficient (Wildman–Crippen LogP) is 1.45. The highest BCUT2D eigenvalue weighted by molar-refractivity contribution is 8.00. The number of nitrogens with zero attached hydrogens (tertiary/aromatic N) is 4. The molecule has 0 aliphatic carbocycles. The Morgan fingerprint density at radius 3 is 2.74 bits per heavy atom. The number of hydrogen-bond acceptors (Lipinski definition) is 6. The number of carbonyl (C=O) groups is 2. The number of amides is 2. The van der Waals surface area contributed by atoms with Gasteiger partial charge in [-0.3, -0.25) is 9.59 Å². The molecule has 2 N–H and O–H groups in total. The molecule has 0 saturated heterocycles. The number of hydrogen-bond donors (Lipinski definition) is 1. The van der Waals surface area contributed by atoms with Crippen LogP contribution in [0.15, 0.2) is 22.7 Å². The molecule has 124 valence electrons. The standard InChI is InChI=1S/C14H19N5O2S2/c1-9(13(21)18(2)3)23-14-17-16-12(10-5-4-8-22-10)19(14)7-6-11(15)20/h4-5,8-9H,6-7H2,1-3H3,(H2,15,20)/t9-/m1/s1. The van der Waals surface area contributed by atoms with E-state index in [1.54, 1.807) is 30.3 Å². The largest absolute Gasteiger partial charge is 0.370 e. The second-order valence-electron chi connectivity index (χ2n) is 5.14. The molecule has 1 atom stereocenters. The summed E-state index contributed by atoms with van der Waals surface area (Å²) in [5.41, 5.74) is 5.26. The van der Waals surface area contributed by atoms with Gasteiger partial charge in [0.2, 0.25) is 11.8 Å². The lowest BCUT2D eigenvalue weighted by atomic mass is 10.4. The lowest BCUT2D eigenvalue weighted by Gasteiger charge is -2.16. The normalized spacial score (nSPS) is 12.1. The number of thioether (sulfide) groups is 1. The first-order chi connectivity index (χ1) is 10.9. The van der Waals surface area contributed by atoms with Gasteiger partial charge >= 0.3 is 0 Å². The van der Waals surface area contributed by atoms with Crippen LogP contribution in [0.2, 0.25) is 0 Å². The van der Waals surface area contributed by atoms with E-state index in [1.807, 2.05) is 29.0 Å². The molecule has 0 aromatic carbocycles. The van der Waals surface area contributed by atoms with Crippen molar-refractivity contribution in [1.29, 1.82) is 0 Å². The van der Waals surface area contributed by atoms with Crippen LogP contribution in [-0.4, -0.2) is 50.8 Å². The third kappa shape index (κ3) is 4.32. The van der Waals surface area contributed by atoms with E-state index in [4.69, 9.17) is 5.73 Å². The molecule has 2 aromatic rings. The van der Waals surface area contributed by atoms with Crippen molar-refractivity contribution in [2.45, 2.75) is 30.3 Å². The van der Waals surface area contributed by atoms with Gasteiger partial charge in [0.25, 0.3) is 0 Å². The van der Waals surface area contributed by atoms with Crippen molar-refractivity contribution in [3.05, 3.63) is 17.5 Å². The molecule has 2 rings (SSSR count). The van der Waals surface area contributed by atoms with Crippen LogP contribution >= 0.6 is 23.1 Å². The van der Waals surface area contributed by atoms with Crippen LogP contribution in [0, 0.1) is 0 Å². The first kappa shape index (κ1) is 17.5. The highest BCUT2D eigenvalue weighted by Gasteiger charge is 2.22. The molecule has 0 saturated carbocycles. The second kappa shape index (κ2) is 7.60. The molecule has 0 aliphatic heterocycles. The number of rotatable bonds is 7. The van der Waals surface area contributed by atoms with E-state index in [0.29, 0.717) is 17.5 Å². The maximum atomic E-state index is 12.0. The van der Waals surface area contributed by atoms with Crippen molar-refractivity contribution in [2.24, 2.45) is 5.73 Å². The Morgan fingerprint density at radius 1 is 1.43 bits per heavy atom. The zero-order valence-corrected chi connectivity index (χ0v) is 14.9. The molecular formula is C14H19N5O2S2. The second-order valence-corrected chi connectivity index (χ2v) is 7.40. The minimum Gasteiger partial charge on any atom is -0.370 e. The summed E-state index contributed by atoms with van der Waals surface area (Å²) in [6.07, 6.45) is 0.194. The first-order valence-electron chi connectivity index (χ1n) is 7.03. The number of nitrogens with two attached hydrogens (primary N) is 1. The highest BCUT2D eigenvalue weighted by Crippen LogP contribution is 2.29. The topological polar surface area (TPSA) is 94.1 Å². The number of carbonyl (C=O) groups excluding carboxylic acids is 2. The molecule has 0 bridgehead atoms. The predicted molar refractivity (Wildman–Crippen MR) is 91.2 cm³/mol. The van der Waals surface area contributed by atoms with Crippen molar-refractivity contribution >= 4 is 34.9 Å². The van der Waals surface area contributed by atoms with Crippen molar-refractivity contribution in [3.8, 4) is 10.7 Å². The van der Waals surface area contributed by atoms with Crippen LogP contribution in [-0.2, 0) is 16.1 Å². The summed E-state index contributed by atoms with van der Waals surface area (Å²) < 4.78 is 1.85. The van der Waals surface area contributed by atoms with Gasteiger partial charge in [-0.2, -0.15) is 0 Å². The monoisotopic (exact) mass is 353 g/mol. The SMILES string of the molecule is C[C@@H](Sc1nnc(-c2cccs2)n1CCC(N)=O)C(=O)N(C)C. The van der Waals surface area contributed by atoms with E-state index in [-0.39, 0.29) is 23.5 Å². The molecule has 2 heterocycles. The van der Waals surface area contributed by atoms with Gasteiger partial charge in [0, 0.05) is 27.1 Å².